The maximum atomic E-state index is 13.2. The molecular formula is C22H28ClN3O3. The molecule has 29 heavy (non-hydrogen) atoms. The van der Waals surface area contributed by atoms with Gasteiger partial charge >= 0.3 is 0 Å². The van der Waals surface area contributed by atoms with Gasteiger partial charge in [-0.2, -0.15) is 0 Å². The van der Waals surface area contributed by atoms with E-state index in [9.17, 15) is 9.59 Å². The van der Waals surface area contributed by atoms with Crippen LogP contribution in [0.1, 0.15) is 24.0 Å². The van der Waals surface area contributed by atoms with Crippen LogP contribution in [0.5, 0.6) is 5.75 Å². The minimum absolute atomic E-state index is 0. The Morgan fingerprint density at radius 2 is 1.90 bits per heavy atom. The fraction of sp³-hybridized carbons (Fsp3) is 0.364. The molecule has 2 aromatic carbocycles. The largest absolute Gasteiger partial charge is 0.497 e. The summed E-state index contributed by atoms with van der Waals surface area (Å²) in [7, 11) is 1.60. The van der Waals surface area contributed by atoms with E-state index in [1.54, 1.807) is 12.0 Å². The highest BCUT2D eigenvalue weighted by atomic mass is 35.5. The zero-order valence-corrected chi connectivity index (χ0v) is 17.5. The molecule has 0 aromatic heterocycles. The highest BCUT2D eigenvalue weighted by Gasteiger charge is 2.36. The molecule has 1 aliphatic rings. The average Bonchev–Trinajstić information content (AvgIpc) is 3.09. The molecule has 2 amide bonds. The number of rotatable bonds is 6. The maximum Gasteiger partial charge on any atom is 0.245 e. The Balaban J connectivity index is 0.00000300. The van der Waals surface area contributed by atoms with Crippen LogP contribution in [0.4, 0.5) is 0 Å². The van der Waals surface area contributed by atoms with E-state index in [0.29, 0.717) is 19.5 Å². The van der Waals surface area contributed by atoms with Crippen LogP contribution in [-0.4, -0.2) is 49.0 Å². The van der Waals surface area contributed by atoms with Crippen molar-refractivity contribution >= 4 is 24.2 Å². The van der Waals surface area contributed by atoms with Gasteiger partial charge in [0.05, 0.1) is 7.11 Å². The Bertz CT molecular complexity index is 831. The fourth-order valence-electron chi connectivity index (χ4n) is 3.76. The third kappa shape index (κ3) is 5.71. The maximum absolute atomic E-state index is 13.2. The highest BCUT2D eigenvalue weighted by Crippen LogP contribution is 2.27. The second-order valence-electron chi connectivity index (χ2n) is 7.23. The molecule has 3 N–H and O–H groups in total. The van der Waals surface area contributed by atoms with E-state index in [-0.39, 0.29) is 36.2 Å². The van der Waals surface area contributed by atoms with Gasteiger partial charge in [-0.1, -0.05) is 42.5 Å². The van der Waals surface area contributed by atoms with Gasteiger partial charge in [0.1, 0.15) is 11.8 Å². The zero-order valence-electron chi connectivity index (χ0n) is 16.7. The molecule has 2 aromatic rings. The van der Waals surface area contributed by atoms with Crippen LogP contribution in [0.3, 0.4) is 0 Å². The number of benzene rings is 2. The van der Waals surface area contributed by atoms with E-state index in [4.69, 9.17) is 10.5 Å². The van der Waals surface area contributed by atoms with Gasteiger partial charge < -0.3 is 20.7 Å². The number of carbonyl (C=O) groups is 2. The smallest absolute Gasteiger partial charge is 0.245 e. The molecule has 1 saturated heterocycles. The summed E-state index contributed by atoms with van der Waals surface area (Å²) in [5, 5.41) is 2.80. The minimum Gasteiger partial charge on any atom is -0.497 e. The number of ether oxygens (including phenoxy) is 1. The first-order chi connectivity index (χ1) is 13.5. The fourth-order valence-corrected chi connectivity index (χ4v) is 3.76. The molecule has 1 fully saturated rings. The second kappa shape index (κ2) is 10.3. The molecule has 1 heterocycles. The van der Waals surface area contributed by atoms with Crippen molar-refractivity contribution in [3.63, 3.8) is 0 Å². The third-order valence-corrected chi connectivity index (χ3v) is 5.15. The van der Waals surface area contributed by atoms with Gasteiger partial charge in [-0.15, -0.1) is 12.4 Å². The van der Waals surface area contributed by atoms with E-state index in [0.717, 1.165) is 16.9 Å². The summed E-state index contributed by atoms with van der Waals surface area (Å²) in [6, 6.07) is 16.8. The van der Waals surface area contributed by atoms with Crippen molar-refractivity contribution in [3.8, 4) is 5.75 Å². The first-order valence-corrected chi connectivity index (χ1v) is 9.47. The van der Waals surface area contributed by atoms with Crippen LogP contribution in [-0.2, 0) is 16.0 Å². The summed E-state index contributed by atoms with van der Waals surface area (Å²) >= 11 is 0. The molecular weight excluding hydrogens is 390 g/mol. The number of carbonyl (C=O) groups excluding carboxylic acids is 2. The molecule has 7 heteroatoms. The van der Waals surface area contributed by atoms with Crippen molar-refractivity contribution < 1.29 is 14.3 Å². The van der Waals surface area contributed by atoms with Crippen molar-refractivity contribution in [2.45, 2.75) is 31.3 Å². The lowest BCUT2D eigenvalue weighted by atomic mass is 9.95. The normalized spacial score (nSPS) is 19.2. The standard InChI is InChI=1S/C22H27N3O3.ClH/c1-15(26)24-21(12-16-7-6-10-18(11-16)28-2)22(27)25-13-19(20(23)14-25)17-8-4-3-5-9-17;/h3-11,19-21H,12-14,23H2,1-2H3,(H,24,26);1H/t19-,20+,21?;/m0./s1. The van der Waals surface area contributed by atoms with Gasteiger partial charge in [-0.3, -0.25) is 9.59 Å². The predicted octanol–water partition coefficient (Wildman–Crippen LogP) is 2.12. The van der Waals surface area contributed by atoms with Gasteiger partial charge in [0.15, 0.2) is 0 Å². The molecule has 0 radical (unpaired) electrons. The Hall–Kier alpha value is -2.57. The molecule has 156 valence electrons. The zero-order chi connectivity index (χ0) is 20.1. The van der Waals surface area contributed by atoms with Gasteiger partial charge in [0.25, 0.3) is 0 Å². The number of hydrogen-bond acceptors (Lipinski definition) is 4. The van der Waals surface area contributed by atoms with Crippen molar-refractivity contribution in [3.05, 3.63) is 65.7 Å². The van der Waals surface area contributed by atoms with Crippen LogP contribution in [0.15, 0.2) is 54.6 Å². The van der Waals surface area contributed by atoms with E-state index in [2.05, 4.69) is 5.32 Å². The lowest BCUT2D eigenvalue weighted by Crippen LogP contribution is -2.49. The number of likely N-dealkylation sites (tertiary alicyclic amines) is 1. The van der Waals surface area contributed by atoms with Crippen molar-refractivity contribution in [1.82, 2.24) is 10.2 Å². The van der Waals surface area contributed by atoms with Crippen molar-refractivity contribution in [2.24, 2.45) is 5.73 Å². The summed E-state index contributed by atoms with van der Waals surface area (Å²) in [4.78, 5) is 26.7. The van der Waals surface area contributed by atoms with E-state index in [1.807, 2.05) is 54.6 Å². The highest BCUT2D eigenvalue weighted by molar-refractivity contribution is 5.87. The Labute approximate surface area is 177 Å². The number of nitrogens with one attached hydrogen (secondary N) is 1. The molecule has 3 rings (SSSR count). The molecule has 0 spiro atoms. The first-order valence-electron chi connectivity index (χ1n) is 9.47. The van der Waals surface area contributed by atoms with E-state index < -0.39 is 6.04 Å². The van der Waals surface area contributed by atoms with Crippen molar-refractivity contribution in [2.75, 3.05) is 20.2 Å². The summed E-state index contributed by atoms with van der Waals surface area (Å²) in [6.45, 7) is 2.46. The van der Waals surface area contributed by atoms with Crippen molar-refractivity contribution in [1.29, 1.82) is 0 Å². The lowest BCUT2D eigenvalue weighted by Gasteiger charge is -2.24. The summed E-state index contributed by atoms with van der Waals surface area (Å²) < 4.78 is 5.26. The number of nitrogens with zero attached hydrogens (tertiary/aromatic N) is 1. The van der Waals surface area contributed by atoms with Gasteiger partial charge in [0.2, 0.25) is 11.8 Å². The van der Waals surface area contributed by atoms with E-state index in [1.165, 1.54) is 6.92 Å². The second-order valence-corrected chi connectivity index (χ2v) is 7.23. The first kappa shape index (κ1) is 22.7. The molecule has 0 aliphatic carbocycles. The molecule has 1 aliphatic heterocycles. The number of methoxy groups -OCH3 is 1. The van der Waals surface area contributed by atoms with Crippen LogP contribution in [0.2, 0.25) is 0 Å². The van der Waals surface area contributed by atoms with Crippen LogP contribution < -0.4 is 15.8 Å². The van der Waals surface area contributed by atoms with Gasteiger partial charge in [-0.05, 0) is 23.3 Å². The quantitative estimate of drug-likeness (QED) is 0.753. The monoisotopic (exact) mass is 417 g/mol. The Morgan fingerprint density at radius 1 is 1.17 bits per heavy atom. The molecule has 0 saturated carbocycles. The van der Waals surface area contributed by atoms with Crippen LogP contribution in [0.25, 0.3) is 0 Å². The summed E-state index contributed by atoms with van der Waals surface area (Å²) in [5.41, 5.74) is 8.39. The number of halogens is 1. The van der Waals surface area contributed by atoms with Gasteiger partial charge in [-0.25, -0.2) is 0 Å². The van der Waals surface area contributed by atoms with Crippen LogP contribution in [0, 0.1) is 0 Å². The summed E-state index contributed by atoms with van der Waals surface area (Å²) in [5.74, 6) is 0.482. The Morgan fingerprint density at radius 3 is 2.55 bits per heavy atom. The lowest BCUT2D eigenvalue weighted by molar-refractivity contribution is -0.135. The van der Waals surface area contributed by atoms with Crippen LogP contribution >= 0.6 is 12.4 Å². The SMILES string of the molecule is COc1cccc(CC(NC(C)=O)C(=O)N2C[C@@H](N)[C@H](c3ccccc3)C2)c1.Cl. The molecule has 6 nitrogen and oxygen atoms in total. The molecule has 1 unspecified atom stereocenters. The summed E-state index contributed by atoms with van der Waals surface area (Å²) in [6.07, 6.45) is 0.400. The minimum atomic E-state index is -0.633. The van der Waals surface area contributed by atoms with Gasteiger partial charge in [0, 0.05) is 38.4 Å². The number of amides is 2. The third-order valence-electron chi connectivity index (χ3n) is 5.15. The average molecular weight is 418 g/mol. The molecule has 0 bridgehead atoms. The molecule has 3 atom stereocenters. The Kier molecular flexibility index (Phi) is 8.05. The number of hydrogen-bond donors (Lipinski definition) is 2. The predicted molar refractivity (Wildman–Crippen MR) is 115 cm³/mol. The topological polar surface area (TPSA) is 84.7 Å². The number of nitrogens with two attached hydrogens (primary N) is 1. The van der Waals surface area contributed by atoms with E-state index >= 15 is 0 Å².